The maximum Gasteiger partial charge on any atom is 0.354 e. The number of likely N-dealkylation sites (tertiary alicyclic amines) is 1. The minimum atomic E-state index is -1.19. The van der Waals surface area contributed by atoms with Crippen molar-refractivity contribution < 1.29 is 19.5 Å². The number of amides is 2. The van der Waals surface area contributed by atoms with Crippen LogP contribution in [0.5, 0.6) is 0 Å². The number of rotatable bonds is 6. The van der Waals surface area contributed by atoms with Gasteiger partial charge in [0.15, 0.2) is 0 Å². The van der Waals surface area contributed by atoms with Gasteiger partial charge in [-0.05, 0) is 24.1 Å². The predicted octanol–water partition coefficient (Wildman–Crippen LogP) is 1.87. The first-order valence-electron chi connectivity index (χ1n) is 8.37. The second-order valence-electron chi connectivity index (χ2n) is 6.11. The normalized spacial score (nSPS) is 14.9. The highest BCUT2D eigenvalue weighted by atomic mass is 16.4. The third-order valence-corrected chi connectivity index (χ3v) is 4.32. The molecule has 1 saturated heterocycles. The Bertz CT molecular complexity index is 823. The fourth-order valence-corrected chi connectivity index (χ4v) is 2.97. The minimum Gasteiger partial charge on any atom is -0.477 e. The summed E-state index contributed by atoms with van der Waals surface area (Å²) in [5.41, 5.74) is 0.905. The van der Waals surface area contributed by atoms with E-state index in [2.05, 4.69) is 10.3 Å². The summed E-state index contributed by atoms with van der Waals surface area (Å²) in [6.07, 6.45) is 2.64. The van der Waals surface area contributed by atoms with Gasteiger partial charge in [0.1, 0.15) is 5.69 Å². The van der Waals surface area contributed by atoms with Gasteiger partial charge in [0.25, 0.3) is 5.91 Å². The number of carbonyl (C=O) groups is 3. The first-order valence-corrected chi connectivity index (χ1v) is 8.37. The number of aromatic carboxylic acids is 1. The molecule has 3 rings (SSSR count). The molecule has 2 heterocycles. The van der Waals surface area contributed by atoms with E-state index in [1.54, 1.807) is 4.90 Å². The van der Waals surface area contributed by atoms with Crippen LogP contribution in [0.3, 0.4) is 0 Å². The van der Waals surface area contributed by atoms with Crippen molar-refractivity contribution in [1.82, 2.24) is 15.2 Å². The summed E-state index contributed by atoms with van der Waals surface area (Å²) in [6.45, 7) is 1.06. The smallest absolute Gasteiger partial charge is 0.354 e. The van der Waals surface area contributed by atoms with Crippen LogP contribution in [0, 0.1) is 0 Å². The topological polar surface area (TPSA) is 99.6 Å². The number of carboxylic acids is 1. The second kappa shape index (κ2) is 7.77. The molecule has 2 aromatic rings. The van der Waals surface area contributed by atoms with E-state index in [0.717, 1.165) is 12.0 Å². The molecule has 1 aromatic carbocycles. The Labute approximate surface area is 150 Å². The molecule has 1 atom stereocenters. The van der Waals surface area contributed by atoms with E-state index < -0.39 is 11.9 Å². The van der Waals surface area contributed by atoms with E-state index >= 15 is 0 Å². The molecule has 7 nitrogen and oxygen atoms in total. The van der Waals surface area contributed by atoms with Gasteiger partial charge in [-0.3, -0.25) is 9.59 Å². The van der Waals surface area contributed by atoms with E-state index in [0.29, 0.717) is 19.5 Å². The molecule has 1 unspecified atom stereocenters. The summed E-state index contributed by atoms with van der Waals surface area (Å²) in [7, 11) is 0. The van der Waals surface area contributed by atoms with Gasteiger partial charge in [-0.25, -0.2) is 9.78 Å². The summed E-state index contributed by atoms with van der Waals surface area (Å²) in [6, 6.07) is 11.7. The molecule has 0 saturated carbocycles. The lowest BCUT2D eigenvalue weighted by molar-refractivity contribution is -0.128. The molecule has 134 valence electrons. The van der Waals surface area contributed by atoms with Crippen LogP contribution in [-0.4, -0.2) is 45.9 Å². The van der Waals surface area contributed by atoms with Crippen molar-refractivity contribution in [2.45, 2.75) is 18.9 Å². The molecular formula is C19H19N3O4. The van der Waals surface area contributed by atoms with Crippen LogP contribution in [0.4, 0.5) is 0 Å². The van der Waals surface area contributed by atoms with Crippen LogP contribution < -0.4 is 5.32 Å². The molecule has 1 fully saturated rings. The number of pyridine rings is 1. The highest BCUT2D eigenvalue weighted by Crippen LogP contribution is 2.19. The average molecular weight is 353 g/mol. The number of aromatic nitrogens is 1. The molecule has 0 bridgehead atoms. The Morgan fingerprint density at radius 2 is 2.00 bits per heavy atom. The van der Waals surface area contributed by atoms with Crippen LogP contribution in [0.2, 0.25) is 0 Å². The molecule has 2 N–H and O–H groups in total. The van der Waals surface area contributed by atoms with Gasteiger partial charge in [0.05, 0.1) is 6.04 Å². The van der Waals surface area contributed by atoms with Gasteiger partial charge < -0.3 is 15.3 Å². The molecule has 2 amide bonds. The molecular weight excluding hydrogens is 334 g/mol. The van der Waals surface area contributed by atoms with Crippen molar-refractivity contribution in [2.75, 3.05) is 13.1 Å². The van der Waals surface area contributed by atoms with Crippen LogP contribution >= 0.6 is 0 Å². The predicted molar refractivity (Wildman–Crippen MR) is 93.7 cm³/mol. The molecule has 1 aliphatic rings. The van der Waals surface area contributed by atoms with Crippen molar-refractivity contribution in [1.29, 1.82) is 0 Å². The van der Waals surface area contributed by atoms with Crippen molar-refractivity contribution in [3.63, 3.8) is 0 Å². The summed E-state index contributed by atoms with van der Waals surface area (Å²) in [5.74, 6) is -1.52. The molecule has 26 heavy (non-hydrogen) atoms. The van der Waals surface area contributed by atoms with Crippen LogP contribution in [0.15, 0.2) is 48.7 Å². The Balaban J connectivity index is 1.80. The Morgan fingerprint density at radius 1 is 1.23 bits per heavy atom. The number of carboxylic acid groups (broad SMARTS) is 1. The lowest BCUT2D eigenvalue weighted by Gasteiger charge is -2.25. The van der Waals surface area contributed by atoms with E-state index in [-0.39, 0.29) is 23.2 Å². The average Bonchev–Trinajstić information content (AvgIpc) is 3.06. The number of hydrogen-bond donors (Lipinski definition) is 2. The number of benzene rings is 1. The SMILES string of the molecule is O=C(NC(CN1CCCC1=O)c1ccccc1)c1ccnc(C(=O)O)c1. The lowest BCUT2D eigenvalue weighted by Crippen LogP contribution is -2.38. The number of carbonyl (C=O) groups excluding carboxylic acids is 2. The molecule has 1 aromatic heterocycles. The molecule has 0 spiro atoms. The Hall–Kier alpha value is -3.22. The van der Waals surface area contributed by atoms with Crippen molar-refractivity contribution in [3.05, 3.63) is 65.5 Å². The fraction of sp³-hybridized carbons (Fsp3) is 0.263. The number of hydrogen-bond acceptors (Lipinski definition) is 4. The quantitative estimate of drug-likeness (QED) is 0.826. The van der Waals surface area contributed by atoms with Gasteiger partial charge in [-0.15, -0.1) is 0 Å². The van der Waals surface area contributed by atoms with E-state index in [1.807, 2.05) is 30.3 Å². The second-order valence-corrected chi connectivity index (χ2v) is 6.11. The van der Waals surface area contributed by atoms with E-state index in [9.17, 15) is 14.4 Å². The standard InChI is InChI=1S/C19H19N3O4/c23-17-7-4-10-22(17)12-16(13-5-2-1-3-6-13)21-18(24)14-8-9-20-15(11-14)19(25)26/h1-3,5-6,8-9,11,16H,4,7,10,12H2,(H,21,24)(H,25,26). The van der Waals surface area contributed by atoms with E-state index in [1.165, 1.54) is 18.3 Å². The Morgan fingerprint density at radius 3 is 2.65 bits per heavy atom. The molecule has 1 aliphatic heterocycles. The van der Waals surface area contributed by atoms with Crippen molar-refractivity contribution in [3.8, 4) is 0 Å². The molecule has 0 radical (unpaired) electrons. The molecule has 7 heteroatoms. The Kier molecular flexibility index (Phi) is 5.26. The van der Waals surface area contributed by atoms with Gasteiger partial charge in [0.2, 0.25) is 5.91 Å². The zero-order chi connectivity index (χ0) is 18.5. The van der Waals surface area contributed by atoms with Crippen molar-refractivity contribution in [2.24, 2.45) is 0 Å². The highest BCUT2D eigenvalue weighted by Gasteiger charge is 2.25. The summed E-state index contributed by atoms with van der Waals surface area (Å²) >= 11 is 0. The lowest BCUT2D eigenvalue weighted by atomic mass is 10.1. The summed E-state index contributed by atoms with van der Waals surface area (Å²) < 4.78 is 0. The summed E-state index contributed by atoms with van der Waals surface area (Å²) in [4.78, 5) is 41.1. The third-order valence-electron chi connectivity index (χ3n) is 4.32. The van der Waals surface area contributed by atoms with Crippen LogP contribution in [-0.2, 0) is 4.79 Å². The first-order chi connectivity index (χ1) is 12.5. The first kappa shape index (κ1) is 17.6. The third kappa shape index (κ3) is 4.05. The van der Waals surface area contributed by atoms with E-state index in [4.69, 9.17) is 5.11 Å². The fourth-order valence-electron chi connectivity index (χ4n) is 2.97. The van der Waals surface area contributed by atoms with Gasteiger partial charge in [0, 0.05) is 31.3 Å². The maximum absolute atomic E-state index is 12.6. The largest absolute Gasteiger partial charge is 0.477 e. The number of nitrogens with one attached hydrogen (secondary N) is 1. The monoisotopic (exact) mass is 353 g/mol. The summed E-state index contributed by atoms with van der Waals surface area (Å²) in [5, 5.41) is 11.9. The highest BCUT2D eigenvalue weighted by molar-refractivity contribution is 5.96. The molecule has 0 aliphatic carbocycles. The zero-order valence-corrected chi connectivity index (χ0v) is 14.1. The van der Waals surface area contributed by atoms with Crippen LogP contribution in [0.25, 0.3) is 0 Å². The van der Waals surface area contributed by atoms with Crippen molar-refractivity contribution >= 4 is 17.8 Å². The van der Waals surface area contributed by atoms with Gasteiger partial charge in [-0.1, -0.05) is 30.3 Å². The van der Waals surface area contributed by atoms with Crippen LogP contribution in [0.1, 0.15) is 45.3 Å². The number of nitrogens with zero attached hydrogens (tertiary/aromatic N) is 2. The zero-order valence-electron chi connectivity index (χ0n) is 14.1. The minimum absolute atomic E-state index is 0.0808. The maximum atomic E-state index is 12.6. The van der Waals surface area contributed by atoms with Gasteiger partial charge >= 0.3 is 5.97 Å². The van der Waals surface area contributed by atoms with Gasteiger partial charge in [-0.2, -0.15) is 0 Å².